The zero-order valence-electron chi connectivity index (χ0n) is 10.9. The average molecular weight is 338 g/mol. The van der Waals surface area contributed by atoms with Gasteiger partial charge in [-0.25, -0.2) is 25.3 Å². The van der Waals surface area contributed by atoms with Crippen LogP contribution in [0.5, 0.6) is 0 Å². The monoisotopic (exact) mass is 338 g/mol. The highest BCUT2D eigenvalue weighted by molar-refractivity contribution is 8.24. The molecule has 0 aromatic heterocycles. The van der Waals surface area contributed by atoms with Gasteiger partial charge in [-0.1, -0.05) is 0 Å². The maximum absolute atomic E-state index is 11.9. The van der Waals surface area contributed by atoms with Gasteiger partial charge in [-0.2, -0.15) is 0 Å². The summed E-state index contributed by atoms with van der Waals surface area (Å²) in [7, 11) is -10.6. The molecule has 0 radical (unpaired) electrons. The van der Waals surface area contributed by atoms with Gasteiger partial charge in [-0.3, -0.25) is 0 Å². The molecule has 0 atom stereocenters. The maximum Gasteiger partial charge on any atom is 0.262 e. The Balaban J connectivity index is 5.62. The summed E-state index contributed by atoms with van der Waals surface area (Å²) in [5.74, 6) is -1.37. The van der Waals surface area contributed by atoms with E-state index in [1.54, 1.807) is 0 Å². The smallest absolute Gasteiger partial charge is 0.262 e. The molecular formula is C8H18O8S3. The molecule has 8 nitrogen and oxygen atoms in total. The predicted octanol–water partition coefficient (Wildman–Crippen LogP) is -1.56. The predicted molar refractivity (Wildman–Crippen MR) is 70.0 cm³/mol. The first kappa shape index (κ1) is 18.8. The minimum absolute atomic E-state index is 0.284. The molecule has 116 valence electrons. The Bertz CT molecular complexity index is 533. The lowest BCUT2D eigenvalue weighted by Crippen LogP contribution is -2.41. The van der Waals surface area contributed by atoms with E-state index in [-0.39, 0.29) is 13.2 Å². The van der Waals surface area contributed by atoms with E-state index in [0.29, 0.717) is 6.26 Å². The Morgan fingerprint density at radius 2 is 1.11 bits per heavy atom. The van der Waals surface area contributed by atoms with Crippen LogP contribution in [0.4, 0.5) is 0 Å². The third-order valence-corrected chi connectivity index (χ3v) is 11.0. The standard InChI is InChI=1S/C8H18O8S3/c1-15-4-6-18(11,12)8(17(3,9)10)19(13,14)7-5-16-2/h8H,4-7H2,1-3H3. The van der Waals surface area contributed by atoms with E-state index < -0.39 is 44.9 Å². The molecule has 0 unspecified atom stereocenters. The maximum atomic E-state index is 11.9. The van der Waals surface area contributed by atoms with Gasteiger partial charge in [0.15, 0.2) is 29.5 Å². The van der Waals surface area contributed by atoms with E-state index >= 15 is 0 Å². The molecule has 19 heavy (non-hydrogen) atoms. The molecule has 0 aliphatic heterocycles. The molecule has 0 aliphatic carbocycles. The van der Waals surface area contributed by atoms with E-state index in [2.05, 4.69) is 9.47 Å². The zero-order valence-corrected chi connectivity index (χ0v) is 13.3. The molecule has 0 spiro atoms. The highest BCUT2D eigenvalue weighted by Gasteiger charge is 2.45. The number of rotatable bonds is 9. The van der Waals surface area contributed by atoms with E-state index in [0.717, 1.165) is 0 Å². The van der Waals surface area contributed by atoms with Gasteiger partial charge >= 0.3 is 0 Å². The van der Waals surface area contributed by atoms with E-state index in [1.165, 1.54) is 14.2 Å². The van der Waals surface area contributed by atoms with Gasteiger partial charge in [0, 0.05) is 20.5 Å². The third kappa shape index (κ3) is 5.73. The van der Waals surface area contributed by atoms with Crippen molar-refractivity contribution in [2.45, 2.75) is 3.91 Å². The molecule has 0 aromatic carbocycles. The number of hydrogen-bond donors (Lipinski definition) is 0. The van der Waals surface area contributed by atoms with E-state index in [9.17, 15) is 25.3 Å². The van der Waals surface area contributed by atoms with Gasteiger partial charge in [-0.15, -0.1) is 0 Å². The number of methoxy groups -OCH3 is 2. The minimum atomic E-state index is -4.39. The van der Waals surface area contributed by atoms with Crippen LogP contribution in [0, 0.1) is 0 Å². The van der Waals surface area contributed by atoms with Gasteiger partial charge in [0.2, 0.25) is 0 Å². The Hall–Kier alpha value is -0.230. The number of sulfone groups is 3. The molecule has 0 bridgehead atoms. The molecule has 0 rings (SSSR count). The summed E-state index contributed by atoms with van der Waals surface area (Å²) in [5, 5.41) is 0. The van der Waals surface area contributed by atoms with Crippen LogP contribution in [-0.4, -0.2) is 74.4 Å². The molecule has 0 aromatic rings. The van der Waals surface area contributed by atoms with Crippen LogP contribution in [0.25, 0.3) is 0 Å². The van der Waals surface area contributed by atoms with Crippen molar-refractivity contribution in [3.8, 4) is 0 Å². The van der Waals surface area contributed by atoms with Crippen molar-refractivity contribution in [1.29, 1.82) is 0 Å². The highest BCUT2D eigenvalue weighted by Crippen LogP contribution is 2.18. The molecule has 0 heterocycles. The van der Waals surface area contributed by atoms with Crippen molar-refractivity contribution < 1.29 is 34.7 Å². The summed E-state index contributed by atoms with van der Waals surface area (Å²) in [4.78, 5) is 0. The van der Waals surface area contributed by atoms with Crippen LogP contribution in [0.1, 0.15) is 0 Å². The van der Waals surface area contributed by atoms with Crippen LogP contribution in [0.2, 0.25) is 0 Å². The van der Waals surface area contributed by atoms with Gasteiger partial charge in [0.25, 0.3) is 3.91 Å². The van der Waals surface area contributed by atoms with Crippen LogP contribution in [0.3, 0.4) is 0 Å². The topological polar surface area (TPSA) is 121 Å². The summed E-state index contributed by atoms with van der Waals surface area (Å²) >= 11 is 0. The quantitative estimate of drug-likeness (QED) is 0.495. The molecule has 0 N–H and O–H groups in total. The fourth-order valence-electron chi connectivity index (χ4n) is 1.35. The fraction of sp³-hybridized carbons (Fsp3) is 1.00. The second-order valence-corrected chi connectivity index (χ2v) is 11.3. The normalized spacial score (nSPS) is 13.9. The zero-order chi connectivity index (χ0) is 15.3. The molecular weight excluding hydrogens is 320 g/mol. The van der Waals surface area contributed by atoms with E-state index in [4.69, 9.17) is 0 Å². The second-order valence-electron chi connectivity index (χ2n) is 3.84. The van der Waals surface area contributed by atoms with Crippen molar-refractivity contribution in [2.24, 2.45) is 0 Å². The summed E-state index contributed by atoms with van der Waals surface area (Å²) < 4.78 is 77.1. The lowest BCUT2D eigenvalue weighted by molar-refractivity contribution is 0.216. The average Bonchev–Trinajstić information content (AvgIpc) is 2.20. The van der Waals surface area contributed by atoms with Crippen molar-refractivity contribution in [3.05, 3.63) is 0 Å². The molecule has 11 heteroatoms. The first-order valence-corrected chi connectivity index (χ1v) is 10.5. The van der Waals surface area contributed by atoms with Crippen LogP contribution >= 0.6 is 0 Å². The molecule has 0 saturated heterocycles. The molecule has 0 aliphatic rings. The van der Waals surface area contributed by atoms with Gasteiger partial charge in [-0.05, 0) is 0 Å². The van der Waals surface area contributed by atoms with Gasteiger partial charge < -0.3 is 9.47 Å². The molecule has 0 amide bonds. The third-order valence-electron chi connectivity index (χ3n) is 2.08. The van der Waals surface area contributed by atoms with Crippen molar-refractivity contribution in [2.75, 3.05) is 45.2 Å². The lowest BCUT2D eigenvalue weighted by Gasteiger charge is -2.16. The van der Waals surface area contributed by atoms with Crippen LogP contribution in [0.15, 0.2) is 0 Å². The Morgan fingerprint density at radius 3 is 1.32 bits per heavy atom. The summed E-state index contributed by atoms with van der Waals surface area (Å²) in [6.07, 6.45) is 0.576. The summed E-state index contributed by atoms with van der Waals surface area (Å²) in [6, 6.07) is 0. The minimum Gasteiger partial charge on any atom is -0.384 e. The largest absolute Gasteiger partial charge is 0.384 e. The van der Waals surface area contributed by atoms with E-state index in [1.807, 2.05) is 0 Å². The van der Waals surface area contributed by atoms with Crippen molar-refractivity contribution in [3.63, 3.8) is 0 Å². The van der Waals surface area contributed by atoms with Crippen LogP contribution in [-0.2, 0) is 39.0 Å². The first-order chi connectivity index (χ1) is 8.49. The second kappa shape index (κ2) is 6.97. The van der Waals surface area contributed by atoms with Gasteiger partial charge in [0.1, 0.15) is 0 Å². The Morgan fingerprint density at radius 1 is 0.789 bits per heavy atom. The number of ether oxygens (including phenoxy) is 2. The Labute approximate surface area is 113 Å². The summed E-state index contributed by atoms with van der Waals surface area (Å²) in [6.45, 7) is -0.567. The molecule has 0 saturated carbocycles. The SMILES string of the molecule is COCCS(=O)(=O)C(S(C)(=O)=O)S(=O)(=O)CCOC. The Kier molecular flexibility index (Phi) is 6.89. The van der Waals surface area contributed by atoms with Crippen molar-refractivity contribution >= 4 is 29.5 Å². The molecule has 0 fully saturated rings. The fourth-order valence-corrected chi connectivity index (χ4v) is 9.73. The highest BCUT2D eigenvalue weighted by atomic mass is 32.3. The summed E-state index contributed by atoms with van der Waals surface area (Å²) in [5.41, 5.74) is 0. The van der Waals surface area contributed by atoms with Crippen LogP contribution < -0.4 is 0 Å². The van der Waals surface area contributed by atoms with Gasteiger partial charge in [0.05, 0.1) is 24.7 Å². The van der Waals surface area contributed by atoms with Crippen molar-refractivity contribution in [1.82, 2.24) is 0 Å². The first-order valence-electron chi connectivity index (χ1n) is 5.09. The lowest BCUT2D eigenvalue weighted by atomic mass is 10.9. The number of hydrogen-bond acceptors (Lipinski definition) is 8.